The van der Waals surface area contributed by atoms with E-state index < -0.39 is 0 Å². The van der Waals surface area contributed by atoms with Gasteiger partial charge in [-0.15, -0.1) is 0 Å². The molecule has 4 nitrogen and oxygen atoms in total. The zero-order valence-corrected chi connectivity index (χ0v) is 20.0. The number of aryl methyl sites for hydroxylation is 4. The van der Waals surface area contributed by atoms with Crippen LogP contribution in [-0.4, -0.2) is 9.13 Å². The van der Waals surface area contributed by atoms with Gasteiger partial charge < -0.3 is 14.5 Å². The molecule has 166 valence electrons. The average molecular weight is 435 g/mol. The maximum Gasteiger partial charge on any atom is 0.0670 e. The Morgan fingerprint density at radius 3 is 1.73 bits per heavy atom. The van der Waals surface area contributed by atoms with Gasteiger partial charge in [0.25, 0.3) is 0 Å². The third-order valence-electron chi connectivity index (χ3n) is 6.20. The summed E-state index contributed by atoms with van der Waals surface area (Å²) in [5, 5.41) is 13.0. The second-order valence-corrected chi connectivity index (χ2v) is 8.56. The Bertz CT molecular complexity index is 1250. The summed E-state index contributed by atoms with van der Waals surface area (Å²) < 4.78 is 4.59. The van der Waals surface area contributed by atoms with Gasteiger partial charge in [-0.2, -0.15) is 5.26 Å². The van der Waals surface area contributed by atoms with Crippen molar-refractivity contribution in [2.24, 2.45) is 0 Å². The highest BCUT2D eigenvalue weighted by Crippen LogP contribution is 2.32. The fourth-order valence-electron chi connectivity index (χ4n) is 4.46. The summed E-state index contributed by atoms with van der Waals surface area (Å²) in [4.78, 5) is 0. The molecule has 0 aliphatic heterocycles. The summed E-state index contributed by atoms with van der Waals surface area (Å²) in [6.07, 6.45) is 2.27. The highest BCUT2D eigenvalue weighted by atomic mass is 15.0. The molecule has 0 bridgehead atoms. The number of rotatable bonds is 6. The van der Waals surface area contributed by atoms with E-state index in [9.17, 15) is 5.26 Å². The van der Waals surface area contributed by atoms with Gasteiger partial charge in [0.1, 0.15) is 0 Å². The Labute approximate surface area is 196 Å². The largest absolute Gasteiger partial charge is 0.361 e. The van der Waals surface area contributed by atoms with Crippen LogP contribution in [0.2, 0.25) is 0 Å². The van der Waals surface area contributed by atoms with Crippen LogP contribution in [0, 0.1) is 45.9 Å². The van der Waals surface area contributed by atoms with Crippen molar-refractivity contribution in [2.75, 3.05) is 5.32 Å². The van der Waals surface area contributed by atoms with Gasteiger partial charge in [-0.1, -0.05) is 18.2 Å². The number of anilines is 1. The Balaban J connectivity index is 1.95. The molecule has 0 aliphatic rings. The van der Waals surface area contributed by atoms with Crippen LogP contribution in [-0.2, 0) is 0 Å². The summed E-state index contributed by atoms with van der Waals surface area (Å²) in [6.45, 7) is 10.7. The quantitative estimate of drug-likeness (QED) is 0.349. The summed E-state index contributed by atoms with van der Waals surface area (Å²) in [7, 11) is 0. The first-order chi connectivity index (χ1) is 15.9. The molecule has 4 aromatic rings. The maximum atomic E-state index is 9.60. The first kappa shape index (κ1) is 22.2. The van der Waals surface area contributed by atoms with E-state index >= 15 is 0 Å². The first-order valence-corrected chi connectivity index (χ1v) is 11.2. The standard InChI is InChI=1S/C29H30N4/c1-20-11-12-21(2)32(20)28-17-26(18-29(24(28)5)33-22(3)13-14-23(33)4)25(15-16-30)19-31-27-9-7-6-8-10-27/h6-14,17-19,31H,15H2,1-5H3. The third kappa shape index (κ3) is 4.36. The van der Waals surface area contributed by atoms with Crippen molar-refractivity contribution in [1.82, 2.24) is 9.13 Å². The number of hydrogen-bond donors (Lipinski definition) is 1. The van der Waals surface area contributed by atoms with Gasteiger partial charge >= 0.3 is 0 Å². The minimum atomic E-state index is 0.315. The molecule has 0 saturated carbocycles. The number of nitrogens with zero attached hydrogens (tertiary/aromatic N) is 3. The zero-order chi connectivity index (χ0) is 23.5. The van der Waals surface area contributed by atoms with Crippen molar-refractivity contribution < 1.29 is 0 Å². The average Bonchev–Trinajstić information content (AvgIpc) is 3.32. The third-order valence-corrected chi connectivity index (χ3v) is 6.20. The van der Waals surface area contributed by atoms with Gasteiger partial charge in [0, 0.05) is 34.7 Å². The first-order valence-electron chi connectivity index (χ1n) is 11.2. The number of aromatic nitrogens is 2. The van der Waals surface area contributed by atoms with Crippen molar-refractivity contribution in [3.8, 4) is 17.4 Å². The number of benzene rings is 2. The number of nitrogens with one attached hydrogen (secondary N) is 1. The van der Waals surface area contributed by atoms with Gasteiger partial charge in [-0.25, -0.2) is 0 Å². The van der Waals surface area contributed by atoms with Gasteiger partial charge in [0.15, 0.2) is 0 Å². The van der Waals surface area contributed by atoms with E-state index in [1.165, 1.54) is 28.3 Å². The van der Waals surface area contributed by atoms with Crippen molar-refractivity contribution in [3.63, 3.8) is 0 Å². The van der Waals surface area contributed by atoms with E-state index in [1.54, 1.807) is 0 Å². The van der Waals surface area contributed by atoms with Crippen LogP contribution in [0.1, 0.15) is 40.3 Å². The fraction of sp³-hybridized carbons (Fsp3) is 0.207. The number of nitriles is 1. The van der Waals surface area contributed by atoms with Crippen LogP contribution < -0.4 is 5.32 Å². The molecule has 2 heterocycles. The van der Waals surface area contributed by atoms with E-state index in [2.05, 4.69) is 91.5 Å². The van der Waals surface area contributed by atoms with E-state index in [1.807, 2.05) is 36.5 Å². The van der Waals surface area contributed by atoms with E-state index in [4.69, 9.17) is 0 Å². The van der Waals surface area contributed by atoms with Crippen molar-refractivity contribution in [1.29, 1.82) is 5.26 Å². The van der Waals surface area contributed by atoms with Crippen LogP contribution in [0.5, 0.6) is 0 Å². The van der Waals surface area contributed by atoms with E-state index in [0.717, 1.165) is 28.2 Å². The minimum Gasteiger partial charge on any atom is -0.361 e. The lowest BCUT2D eigenvalue weighted by Gasteiger charge is -2.21. The Morgan fingerprint density at radius 2 is 1.27 bits per heavy atom. The molecular formula is C29H30N4. The molecule has 1 N–H and O–H groups in total. The van der Waals surface area contributed by atoms with E-state index in [-0.39, 0.29) is 0 Å². The molecule has 4 heteroatoms. The smallest absolute Gasteiger partial charge is 0.0670 e. The molecule has 2 aromatic heterocycles. The molecule has 2 aromatic carbocycles. The van der Waals surface area contributed by atoms with E-state index in [0.29, 0.717) is 6.42 Å². The highest BCUT2D eigenvalue weighted by molar-refractivity contribution is 5.75. The molecule has 0 amide bonds. The van der Waals surface area contributed by atoms with Crippen LogP contribution in [0.25, 0.3) is 16.9 Å². The van der Waals surface area contributed by atoms with Gasteiger partial charge in [-0.05, 0) is 99.8 Å². The molecule has 4 rings (SSSR count). The summed E-state index contributed by atoms with van der Waals surface area (Å²) in [6, 6.07) is 25.4. The molecule has 0 atom stereocenters. The summed E-state index contributed by atoms with van der Waals surface area (Å²) in [5.74, 6) is 0. The SMILES string of the molecule is Cc1c(-n2c(C)ccc2C)cc(C(=CNc2ccccc2)CC#N)cc1-n1c(C)ccc1C. The zero-order valence-electron chi connectivity index (χ0n) is 20.0. The van der Waals surface area contributed by atoms with Gasteiger partial charge in [0.2, 0.25) is 0 Å². The molecule has 0 aliphatic carbocycles. The van der Waals surface area contributed by atoms with Crippen molar-refractivity contribution in [3.05, 3.63) is 107 Å². The Morgan fingerprint density at radius 1 is 0.788 bits per heavy atom. The van der Waals surface area contributed by atoms with Crippen molar-refractivity contribution >= 4 is 11.3 Å². The molecular weight excluding hydrogens is 404 g/mol. The molecule has 0 fully saturated rings. The Kier molecular flexibility index (Phi) is 6.24. The second-order valence-electron chi connectivity index (χ2n) is 8.56. The molecule has 0 saturated heterocycles. The van der Waals surface area contributed by atoms with Crippen LogP contribution in [0.4, 0.5) is 5.69 Å². The van der Waals surface area contributed by atoms with Gasteiger partial charge in [-0.3, -0.25) is 0 Å². The maximum absolute atomic E-state index is 9.60. The van der Waals surface area contributed by atoms with Crippen LogP contribution in [0.3, 0.4) is 0 Å². The lowest BCUT2D eigenvalue weighted by molar-refractivity contribution is 0.919. The molecule has 0 spiro atoms. The number of para-hydroxylation sites is 1. The highest BCUT2D eigenvalue weighted by Gasteiger charge is 2.17. The number of hydrogen-bond acceptors (Lipinski definition) is 2. The van der Waals surface area contributed by atoms with Crippen molar-refractivity contribution in [2.45, 2.75) is 41.0 Å². The predicted octanol–water partition coefficient (Wildman–Crippen LogP) is 7.18. The molecule has 0 unspecified atom stereocenters. The predicted molar refractivity (Wildman–Crippen MR) is 137 cm³/mol. The Hall–Kier alpha value is -3.97. The van der Waals surface area contributed by atoms with Gasteiger partial charge in [0.05, 0.1) is 23.9 Å². The summed E-state index contributed by atoms with van der Waals surface area (Å²) >= 11 is 0. The monoisotopic (exact) mass is 434 g/mol. The number of allylic oxidation sites excluding steroid dienone is 1. The lowest BCUT2D eigenvalue weighted by Crippen LogP contribution is -2.09. The molecule has 0 radical (unpaired) electrons. The summed E-state index contributed by atoms with van der Waals surface area (Å²) in [5.41, 5.74) is 11.2. The second kappa shape index (κ2) is 9.26. The minimum absolute atomic E-state index is 0.315. The topological polar surface area (TPSA) is 45.7 Å². The normalized spacial score (nSPS) is 11.5. The lowest BCUT2D eigenvalue weighted by atomic mass is 9.99. The fourth-order valence-corrected chi connectivity index (χ4v) is 4.46. The van der Waals surface area contributed by atoms with Crippen LogP contribution >= 0.6 is 0 Å². The van der Waals surface area contributed by atoms with Crippen LogP contribution in [0.15, 0.2) is 72.9 Å². The molecule has 33 heavy (non-hydrogen) atoms.